The van der Waals surface area contributed by atoms with Gasteiger partial charge in [-0.15, -0.1) is 0 Å². The fourth-order valence-electron chi connectivity index (χ4n) is 4.31. The number of carbonyl (C=O) groups is 1. The van der Waals surface area contributed by atoms with Crippen molar-refractivity contribution in [2.24, 2.45) is 0 Å². The molecule has 0 aliphatic carbocycles. The number of ether oxygens (including phenoxy) is 1. The van der Waals surface area contributed by atoms with Crippen molar-refractivity contribution in [1.29, 1.82) is 0 Å². The smallest absolute Gasteiger partial charge is 0.344 e. The first-order chi connectivity index (χ1) is 15.3. The van der Waals surface area contributed by atoms with E-state index in [9.17, 15) is 4.79 Å². The van der Waals surface area contributed by atoms with Crippen molar-refractivity contribution in [2.45, 2.75) is 47.5 Å². The van der Waals surface area contributed by atoms with Crippen molar-refractivity contribution in [2.75, 3.05) is 0 Å². The maximum atomic E-state index is 13.7. The molecule has 0 amide bonds. The summed E-state index contributed by atoms with van der Waals surface area (Å²) in [6.45, 7) is 12.3. The molecule has 0 spiro atoms. The molecule has 0 N–H and O–H groups in total. The summed E-state index contributed by atoms with van der Waals surface area (Å²) in [6, 6.07) is 20.2. The van der Waals surface area contributed by atoms with Gasteiger partial charge < -0.3 is 4.74 Å². The Labute approximate surface area is 190 Å². The molecule has 1 aromatic heterocycles. The van der Waals surface area contributed by atoms with E-state index < -0.39 is 0 Å². The van der Waals surface area contributed by atoms with Crippen LogP contribution >= 0.6 is 0 Å². The van der Waals surface area contributed by atoms with E-state index in [-0.39, 0.29) is 11.9 Å². The van der Waals surface area contributed by atoms with Gasteiger partial charge in [-0.1, -0.05) is 67.9 Å². The summed E-state index contributed by atoms with van der Waals surface area (Å²) in [5, 5.41) is 0.837. The lowest BCUT2D eigenvalue weighted by Crippen LogP contribution is -2.14. The molecule has 0 radical (unpaired) electrons. The van der Waals surface area contributed by atoms with E-state index >= 15 is 0 Å². The largest absolute Gasteiger partial charge is 0.423 e. The summed E-state index contributed by atoms with van der Waals surface area (Å²) in [5.74, 6) is 0.530. The molecular formula is C29H29NO2. The maximum absolute atomic E-state index is 13.7. The third kappa shape index (κ3) is 4.03. The monoisotopic (exact) mass is 423 g/mol. The summed E-state index contributed by atoms with van der Waals surface area (Å²) in [4.78, 5) is 18.7. The van der Waals surface area contributed by atoms with Crippen LogP contribution in [0.1, 0.15) is 57.9 Å². The first-order valence-corrected chi connectivity index (χ1v) is 11.1. The van der Waals surface area contributed by atoms with Gasteiger partial charge in [0.25, 0.3) is 0 Å². The van der Waals surface area contributed by atoms with Crippen LogP contribution in [0.25, 0.3) is 22.2 Å². The predicted octanol–water partition coefficient (Wildman–Crippen LogP) is 7.48. The molecule has 1 heterocycles. The lowest BCUT2D eigenvalue weighted by Gasteiger charge is -2.18. The predicted molar refractivity (Wildman–Crippen MR) is 132 cm³/mol. The number of hydrogen-bond acceptors (Lipinski definition) is 3. The molecule has 3 heteroatoms. The van der Waals surface area contributed by atoms with Gasteiger partial charge in [-0.25, -0.2) is 9.78 Å². The average Bonchev–Trinajstić information content (AvgIpc) is 2.73. The Balaban J connectivity index is 1.94. The minimum absolute atomic E-state index is 0.248. The molecule has 3 nitrogen and oxygen atoms in total. The minimum atomic E-state index is -0.343. The van der Waals surface area contributed by atoms with Crippen LogP contribution in [0, 0.1) is 27.7 Å². The zero-order chi connectivity index (χ0) is 23.0. The van der Waals surface area contributed by atoms with Crippen molar-refractivity contribution in [1.82, 2.24) is 4.98 Å². The van der Waals surface area contributed by atoms with Crippen LogP contribution in [0.3, 0.4) is 0 Å². The normalized spacial score (nSPS) is 11.2. The molecule has 32 heavy (non-hydrogen) atoms. The maximum Gasteiger partial charge on any atom is 0.344 e. The zero-order valence-electron chi connectivity index (χ0n) is 19.6. The molecule has 0 saturated heterocycles. The molecule has 0 aliphatic rings. The van der Waals surface area contributed by atoms with Crippen LogP contribution in [0.2, 0.25) is 0 Å². The van der Waals surface area contributed by atoms with E-state index in [0.29, 0.717) is 11.3 Å². The number of benzene rings is 3. The van der Waals surface area contributed by atoms with Crippen molar-refractivity contribution in [3.63, 3.8) is 0 Å². The second kappa shape index (κ2) is 8.58. The fourth-order valence-corrected chi connectivity index (χ4v) is 4.31. The number of aromatic nitrogens is 1. The number of carbonyl (C=O) groups excluding carboxylic acids is 1. The Morgan fingerprint density at radius 2 is 1.59 bits per heavy atom. The number of esters is 1. The third-order valence-corrected chi connectivity index (χ3v) is 5.91. The van der Waals surface area contributed by atoms with Crippen LogP contribution < -0.4 is 4.74 Å². The van der Waals surface area contributed by atoms with E-state index in [4.69, 9.17) is 9.72 Å². The SMILES string of the molecule is Cc1ccc(C(C)C)c(OC(=O)c2c(C)c(-c3ccccc3)nc3c(C)cc(C)cc23)c1. The number of hydrogen-bond donors (Lipinski definition) is 0. The van der Waals surface area contributed by atoms with Crippen LogP contribution in [0.5, 0.6) is 5.75 Å². The molecular weight excluding hydrogens is 394 g/mol. The lowest BCUT2D eigenvalue weighted by atomic mass is 9.95. The number of nitrogens with zero attached hydrogens (tertiary/aromatic N) is 1. The topological polar surface area (TPSA) is 39.2 Å². The molecule has 3 aromatic carbocycles. The molecule has 0 unspecified atom stereocenters. The fraction of sp³-hybridized carbons (Fsp3) is 0.241. The van der Waals surface area contributed by atoms with Crippen molar-refractivity contribution < 1.29 is 9.53 Å². The van der Waals surface area contributed by atoms with Crippen molar-refractivity contribution in [3.05, 3.63) is 94.0 Å². The van der Waals surface area contributed by atoms with Crippen molar-refractivity contribution >= 4 is 16.9 Å². The highest BCUT2D eigenvalue weighted by atomic mass is 16.5. The number of pyridine rings is 1. The van der Waals surface area contributed by atoms with E-state index in [1.807, 2.05) is 76.2 Å². The third-order valence-electron chi connectivity index (χ3n) is 5.91. The van der Waals surface area contributed by atoms with Crippen LogP contribution in [-0.2, 0) is 0 Å². The van der Waals surface area contributed by atoms with E-state index in [1.54, 1.807) is 0 Å². The van der Waals surface area contributed by atoms with Gasteiger partial charge in [-0.05, 0) is 68.0 Å². The molecule has 0 aliphatic heterocycles. The van der Waals surface area contributed by atoms with Gasteiger partial charge in [0.1, 0.15) is 5.75 Å². The molecule has 0 atom stereocenters. The Bertz CT molecular complexity index is 1320. The van der Waals surface area contributed by atoms with Gasteiger partial charge in [-0.2, -0.15) is 0 Å². The van der Waals surface area contributed by atoms with Crippen LogP contribution in [-0.4, -0.2) is 11.0 Å². The van der Waals surface area contributed by atoms with Gasteiger partial charge in [0.2, 0.25) is 0 Å². The highest BCUT2D eigenvalue weighted by Crippen LogP contribution is 2.34. The standard InChI is InChI=1S/C29H29NO2/c1-17(2)23-13-12-18(3)16-25(23)32-29(31)26-21(6)28(22-10-8-7-9-11-22)30-27-20(5)14-19(4)15-24(26)27/h7-17H,1-6H3. The number of fused-ring (bicyclic) bond motifs is 1. The minimum Gasteiger partial charge on any atom is -0.423 e. The quantitative estimate of drug-likeness (QED) is 0.252. The summed E-state index contributed by atoms with van der Waals surface area (Å²) >= 11 is 0. The molecule has 4 aromatic rings. The Morgan fingerprint density at radius 3 is 2.28 bits per heavy atom. The highest BCUT2D eigenvalue weighted by Gasteiger charge is 2.23. The first kappa shape index (κ1) is 21.8. The summed E-state index contributed by atoms with van der Waals surface area (Å²) in [6.07, 6.45) is 0. The first-order valence-electron chi connectivity index (χ1n) is 11.1. The van der Waals surface area contributed by atoms with Gasteiger partial charge in [-0.3, -0.25) is 0 Å². The molecule has 4 rings (SSSR count). The number of rotatable bonds is 4. The Morgan fingerprint density at radius 1 is 0.875 bits per heavy atom. The van der Waals surface area contributed by atoms with Crippen LogP contribution in [0.4, 0.5) is 0 Å². The Hall–Kier alpha value is -3.46. The van der Waals surface area contributed by atoms with E-state index in [1.165, 1.54) is 0 Å². The molecule has 0 fully saturated rings. The van der Waals surface area contributed by atoms with Crippen molar-refractivity contribution in [3.8, 4) is 17.0 Å². The van der Waals surface area contributed by atoms with Gasteiger partial charge in [0, 0.05) is 10.9 Å². The van der Waals surface area contributed by atoms with Crippen LogP contribution in [0.15, 0.2) is 60.7 Å². The zero-order valence-corrected chi connectivity index (χ0v) is 19.6. The van der Waals surface area contributed by atoms with Gasteiger partial charge in [0.05, 0.1) is 16.8 Å². The van der Waals surface area contributed by atoms with Gasteiger partial charge >= 0.3 is 5.97 Å². The van der Waals surface area contributed by atoms with Gasteiger partial charge in [0.15, 0.2) is 0 Å². The highest BCUT2D eigenvalue weighted by molar-refractivity contribution is 6.08. The van der Waals surface area contributed by atoms with E-state index in [0.717, 1.165) is 50.0 Å². The second-order valence-electron chi connectivity index (χ2n) is 8.89. The number of aryl methyl sites for hydroxylation is 3. The van der Waals surface area contributed by atoms with E-state index in [2.05, 4.69) is 26.0 Å². The molecule has 0 saturated carbocycles. The summed E-state index contributed by atoms with van der Waals surface area (Å²) in [5.41, 5.74) is 8.26. The summed E-state index contributed by atoms with van der Waals surface area (Å²) in [7, 11) is 0. The average molecular weight is 424 g/mol. The molecule has 0 bridgehead atoms. The lowest BCUT2D eigenvalue weighted by molar-refractivity contribution is 0.0734. The Kier molecular flexibility index (Phi) is 5.84. The molecule has 162 valence electrons. The summed E-state index contributed by atoms with van der Waals surface area (Å²) < 4.78 is 6.07. The second-order valence-corrected chi connectivity index (χ2v) is 8.89.